The van der Waals surface area contributed by atoms with Crippen LogP contribution in [0.25, 0.3) is 11.1 Å². The van der Waals surface area contributed by atoms with Crippen LogP contribution in [0.15, 0.2) is 53.7 Å². The number of hydrogen-bond donors (Lipinski definition) is 0. The molecule has 9 heteroatoms. The zero-order valence-electron chi connectivity index (χ0n) is 15.5. The first kappa shape index (κ1) is 20.5. The Labute approximate surface area is 166 Å². The van der Waals surface area contributed by atoms with Gasteiger partial charge in [-0.2, -0.15) is 8.42 Å². The van der Waals surface area contributed by atoms with E-state index in [1.165, 1.54) is 32.3 Å². The minimum atomic E-state index is -4.54. The van der Waals surface area contributed by atoms with Crippen molar-refractivity contribution in [3.8, 4) is 16.9 Å². The molecule has 3 aromatic rings. The Balaban J connectivity index is 1.97. The van der Waals surface area contributed by atoms with Crippen LogP contribution in [0.4, 0.5) is 8.78 Å². The Kier molecular flexibility index (Phi) is 5.69. The molecule has 150 valence electrons. The molecule has 0 aliphatic rings. The van der Waals surface area contributed by atoms with E-state index in [1.54, 1.807) is 12.1 Å². The second kappa shape index (κ2) is 8.04. The van der Waals surface area contributed by atoms with E-state index in [0.717, 1.165) is 12.1 Å². The Morgan fingerprint density at radius 3 is 2.52 bits per heavy atom. The maximum atomic E-state index is 13.9. The highest BCUT2D eigenvalue weighted by Gasteiger charge is 2.23. The van der Waals surface area contributed by atoms with Gasteiger partial charge in [0.15, 0.2) is 5.75 Å². The number of aromatic nitrogens is 2. The lowest BCUT2D eigenvalue weighted by atomic mass is 10.1. The van der Waals surface area contributed by atoms with Crippen LogP contribution in [0, 0.1) is 18.6 Å². The summed E-state index contributed by atoms with van der Waals surface area (Å²) >= 11 is 0. The molecule has 0 fully saturated rings. The normalized spacial score (nSPS) is 11.3. The first-order chi connectivity index (χ1) is 13.7. The Morgan fingerprint density at radius 2 is 1.83 bits per heavy atom. The number of carbonyl (C=O) groups excluding carboxylic acids is 1. The van der Waals surface area contributed by atoms with Crippen molar-refractivity contribution < 1.29 is 26.2 Å². The van der Waals surface area contributed by atoms with E-state index in [1.807, 2.05) is 0 Å². The molecule has 0 aliphatic heterocycles. The number of hydrogen-bond acceptors (Lipinski definition) is 6. The highest BCUT2D eigenvalue weighted by molar-refractivity contribution is 7.87. The average Bonchev–Trinajstić information content (AvgIpc) is 2.62. The molecule has 1 aromatic carbocycles. The minimum absolute atomic E-state index is 0.0480. The zero-order valence-corrected chi connectivity index (χ0v) is 16.3. The molecule has 0 radical (unpaired) electrons. The van der Waals surface area contributed by atoms with Gasteiger partial charge in [-0.3, -0.25) is 14.8 Å². The predicted molar refractivity (Wildman–Crippen MR) is 101 cm³/mol. The number of carbonyl (C=O) groups is 1. The van der Waals surface area contributed by atoms with Crippen molar-refractivity contribution in [1.29, 1.82) is 0 Å². The van der Waals surface area contributed by atoms with Crippen molar-refractivity contribution >= 4 is 15.9 Å². The second-order valence-electron chi connectivity index (χ2n) is 6.33. The fourth-order valence-corrected chi connectivity index (χ4v) is 3.63. The molecule has 0 amide bonds. The van der Waals surface area contributed by atoms with Crippen molar-refractivity contribution in [3.05, 3.63) is 71.8 Å². The molecule has 0 saturated carbocycles. The van der Waals surface area contributed by atoms with Crippen molar-refractivity contribution in [2.24, 2.45) is 0 Å². The summed E-state index contributed by atoms with van der Waals surface area (Å²) in [6, 6.07) is 6.89. The molecule has 0 unspecified atom stereocenters. The summed E-state index contributed by atoms with van der Waals surface area (Å²) in [4.78, 5) is 18.8. The van der Waals surface area contributed by atoms with Crippen molar-refractivity contribution in [3.63, 3.8) is 0 Å². The van der Waals surface area contributed by atoms with Gasteiger partial charge in [-0.15, -0.1) is 0 Å². The minimum Gasteiger partial charge on any atom is -0.377 e. The molecular formula is C20H16F2N2O4S. The first-order valence-electron chi connectivity index (χ1n) is 8.46. The molecule has 0 bridgehead atoms. The van der Waals surface area contributed by atoms with Crippen LogP contribution in [0.2, 0.25) is 0 Å². The summed E-state index contributed by atoms with van der Waals surface area (Å²) < 4.78 is 56.9. The van der Waals surface area contributed by atoms with Crippen LogP contribution >= 0.6 is 0 Å². The van der Waals surface area contributed by atoms with Crippen LogP contribution in [-0.4, -0.2) is 24.2 Å². The number of pyridine rings is 2. The van der Waals surface area contributed by atoms with Gasteiger partial charge in [0, 0.05) is 36.1 Å². The van der Waals surface area contributed by atoms with Crippen LogP contribution in [-0.2, 0) is 21.3 Å². The molecule has 0 atom stereocenters. The number of aryl methyl sites for hydroxylation is 1. The van der Waals surface area contributed by atoms with Gasteiger partial charge in [0.1, 0.15) is 22.3 Å². The number of benzene rings is 1. The molecule has 3 rings (SSSR count). The van der Waals surface area contributed by atoms with E-state index >= 15 is 0 Å². The number of nitrogens with zero attached hydrogens (tertiary/aromatic N) is 2. The van der Waals surface area contributed by atoms with Crippen molar-refractivity contribution in [1.82, 2.24) is 9.97 Å². The van der Waals surface area contributed by atoms with E-state index in [4.69, 9.17) is 4.18 Å². The number of rotatable bonds is 6. The van der Waals surface area contributed by atoms with Gasteiger partial charge < -0.3 is 4.18 Å². The van der Waals surface area contributed by atoms with Gasteiger partial charge in [0.2, 0.25) is 0 Å². The average molecular weight is 418 g/mol. The highest BCUT2D eigenvalue weighted by Crippen LogP contribution is 2.28. The monoisotopic (exact) mass is 418 g/mol. The largest absolute Gasteiger partial charge is 0.377 e. The Bertz CT molecular complexity index is 1200. The fraction of sp³-hybridized carbons (Fsp3) is 0.150. The molecule has 2 heterocycles. The van der Waals surface area contributed by atoms with Gasteiger partial charge in [0.05, 0.1) is 5.69 Å². The molecule has 29 heavy (non-hydrogen) atoms. The number of Topliss-reactive ketones (excluding diaryl/α,β-unsaturated/α-hetero) is 1. The third-order valence-corrected chi connectivity index (χ3v) is 5.25. The van der Waals surface area contributed by atoms with E-state index in [-0.39, 0.29) is 23.6 Å². The van der Waals surface area contributed by atoms with Crippen molar-refractivity contribution in [2.75, 3.05) is 0 Å². The first-order valence-corrected chi connectivity index (χ1v) is 9.87. The molecule has 0 aliphatic carbocycles. The molecule has 6 nitrogen and oxygen atoms in total. The second-order valence-corrected chi connectivity index (χ2v) is 7.85. The zero-order chi connectivity index (χ0) is 21.2. The smallest absolute Gasteiger partial charge is 0.342 e. The summed E-state index contributed by atoms with van der Waals surface area (Å²) in [6.07, 6.45) is 3.20. The quantitative estimate of drug-likeness (QED) is 0.568. The standard InChI is InChI=1S/C20H16F2N2O4S/c1-12(25)7-17-8-14(5-6-23-17)15-9-19(13(2)24-11-15)28-29(26,27)20-4-3-16(21)10-18(20)22/h3-6,8-11H,7H2,1-2H3. The Morgan fingerprint density at radius 1 is 1.07 bits per heavy atom. The van der Waals surface area contributed by atoms with Crippen LogP contribution in [0.5, 0.6) is 5.75 Å². The van der Waals surface area contributed by atoms with Gasteiger partial charge in [0.25, 0.3) is 0 Å². The summed E-state index contributed by atoms with van der Waals surface area (Å²) in [5, 5.41) is 0. The molecule has 0 N–H and O–H groups in total. The summed E-state index contributed by atoms with van der Waals surface area (Å²) in [7, 11) is -4.54. The molecule has 0 spiro atoms. The predicted octanol–water partition coefficient (Wildman–Crippen LogP) is 3.63. The van der Waals surface area contributed by atoms with E-state index in [0.29, 0.717) is 22.9 Å². The van der Waals surface area contributed by atoms with Gasteiger partial charge >= 0.3 is 10.1 Å². The molecular weight excluding hydrogens is 402 g/mol. The third-order valence-electron chi connectivity index (χ3n) is 3.98. The van der Waals surface area contributed by atoms with Crippen molar-refractivity contribution in [2.45, 2.75) is 25.2 Å². The number of ketones is 1. The lowest BCUT2D eigenvalue weighted by Gasteiger charge is -2.11. The SMILES string of the molecule is CC(=O)Cc1cc(-c2cnc(C)c(OS(=O)(=O)c3ccc(F)cc3F)c2)ccn1. The lowest BCUT2D eigenvalue weighted by Crippen LogP contribution is -2.13. The third kappa shape index (κ3) is 4.80. The van der Waals surface area contributed by atoms with Crippen LogP contribution < -0.4 is 4.18 Å². The lowest BCUT2D eigenvalue weighted by molar-refractivity contribution is -0.116. The molecule has 2 aromatic heterocycles. The van der Waals surface area contributed by atoms with Crippen LogP contribution in [0.3, 0.4) is 0 Å². The summed E-state index contributed by atoms with van der Waals surface area (Å²) in [5.74, 6) is -2.31. The Hall–Kier alpha value is -3.20. The van der Waals surface area contributed by atoms with E-state index in [9.17, 15) is 22.0 Å². The summed E-state index contributed by atoms with van der Waals surface area (Å²) in [5.41, 5.74) is 1.99. The topological polar surface area (TPSA) is 86.2 Å². The maximum absolute atomic E-state index is 13.9. The van der Waals surface area contributed by atoms with E-state index < -0.39 is 26.6 Å². The highest BCUT2D eigenvalue weighted by atomic mass is 32.2. The number of halogens is 2. The fourth-order valence-electron chi connectivity index (χ4n) is 2.61. The van der Waals surface area contributed by atoms with Crippen LogP contribution in [0.1, 0.15) is 18.3 Å². The summed E-state index contributed by atoms with van der Waals surface area (Å²) in [6.45, 7) is 2.98. The van der Waals surface area contributed by atoms with Gasteiger partial charge in [-0.25, -0.2) is 8.78 Å². The van der Waals surface area contributed by atoms with E-state index in [2.05, 4.69) is 9.97 Å². The molecule has 0 saturated heterocycles. The van der Waals surface area contributed by atoms with Gasteiger partial charge in [-0.05, 0) is 49.7 Å². The maximum Gasteiger partial charge on any atom is 0.342 e. The van der Waals surface area contributed by atoms with Gasteiger partial charge in [-0.1, -0.05) is 0 Å².